The number of hydrogen-bond acceptors (Lipinski definition) is 2. The average Bonchev–Trinajstić information content (AvgIpc) is 2.38. The predicted octanol–water partition coefficient (Wildman–Crippen LogP) is 1.57. The maximum atomic E-state index is 11.2. The number of carbonyl (C=O) groups excluding carboxylic acids is 1. The molecule has 1 aromatic rings. The molecule has 1 aromatic heterocycles. The number of carbonyl (C=O) groups is 1. The first-order chi connectivity index (χ1) is 5.52. The number of H-pyrrole nitrogens is 1. The Balaban J connectivity index is 2.69. The van der Waals surface area contributed by atoms with Crippen molar-refractivity contribution in [1.82, 2.24) is 9.97 Å². The molecule has 0 aliphatic heterocycles. The third kappa shape index (κ3) is 1.94. The standard InChI is InChI=1S/C9H14N2O/c1-7(12)9(2,3)6-8-10-4-5-11-8/h4-5H,6H2,1-3H3,(H,10,11). The molecule has 0 aromatic carbocycles. The lowest BCUT2D eigenvalue weighted by Gasteiger charge is -2.18. The predicted molar refractivity (Wildman–Crippen MR) is 46.8 cm³/mol. The van der Waals surface area contributed by atoms with Gasteiger partial charge in [-0.2, -0.15) is 0 Å². The number of imidazole rings is 1. The van der Waals surface area contributed by atoms with E-state index in [1.807, 2.05) is 13.8 Å². The Hall–Kier alpha value is -1.12. The average molecular weight is 166 g/mol. The van der Waals surface area contributed by atoms with Crippen molar-refractivity contribution < 1.29 is 4.79 Å². The molecule has 0 atom stereocenters. The quantitative estimate of drug-likeness (QED) is 0.740. The largest absolute Gasteiger partial charge is 0.349 e. The Bertz CT molecular complexity index is 262. The monoisotopic (exact) mass is 166 g/mol. The zero-order valence-electron chi connectivity index (χ0n) is 7.72. The number of Topliss-reactive ketones (excluding diaryl/α,β-unsaturated/α-hetero) is 1. The second-order valence-corrected chi connectivity index (χ2v) is 3.65. The van der Waals surface area contributed by atoms with E-state index in [2.05, 4.69) is 9.97 Å². The van der Waals surface area contributed by atoms with Crippen LogP contribution in [0.5, 0.6) is 0 Å². The van der Waals surface area contributed by atoms with Crippen molar-refractivity contribution in [1.29, 1.82) is 0 Å². The highest BCUT2D eigenvalue weighted by Gasteiger charge is 2.24. The minimum absolute atomic E-state index is 0.193. The Morgan fingerprint density at radius 2 is 2.33 bits per heavy atom. The summed E-state index contributed by atoms with van der Waals surface area (Å²) in [4.78, 5) is 18.2. The summed E-state index contributed by atoms with van der Waals surface area (Å²) >= 11 is 0. The van der Waals surface area contributed by atoms with Crippen LogP contribution in [-0.4, -0.2) is 15.8 Å². The number of aromatic nitrogens is 2. The van der Waals surface area contributed by atoms with Crippen LogP contribution in [-0.2, 0) is 11.2 Å². The number of nitrogens with one attached hydrogen (secondary N) is 1. The van der Waals surface area contributed by atoms with Crippen molar-refractivity contribution in [3.05, 3.63) is 18.2 Å². The van der Waals surface area contributed by atoms with E-state index in [9.17, 15) is 4.79 Å². The molecular weight excluding hydrogens is 152 g/mol. The van der Waals surface area contributed by atoms with Gasteiger partial charge in [0.25, 0.3) is 0 Å². The molecule has 0 amide bonds. The van der Waals surface area contributed by atoms with E-state index in [0.29, 0.717) is 6.42 Å². The number of nitrogens with zero attached hydrogens (tertiary/aromatic N) is 1. The SMILES string of the molecule is CC(=O)C(C)(C)Cc1ncc[nH]1. The highest BCUT2D eigenvalue weighted by molar-refractivity contribution is 5.81. The van der Waals surface area contributed by atoms with Crippen LogP contribution in [0.3, 0.4) is 0 Å². The Morgan fingerprint density at radius 1 is 1.67 bits per heavy atom. The lowest BCUT2D eigenvalue weighted by Crippen LogP contribution is -2.24. The molecule has 1 rings (SSSR count). The van der Waals surface area contributed by atoms with Crippen molar-refractivity contribution >= 4 is 5.78 Å². The van der Waals surface area contributed by atoms with Crippen molar-refractivity contribution in [2.75, 3.05) is 0 Å². The van der Waals surface area contributed by atoms with Gasteiger partial charge >= 0.3 is 0 Å². The summed E-state index contributed by atoms with van der Waals surface area (Å²) in [6.45, 7) is 5.47. The van der Waals surface area contributed by atoms with Crippen LogP contribution in [0, 0.1) is 5.41 Å². The van der Waals surface area contributed by atoms with E-state index in [4.69, 9.17) is 0 Å². The van der Waals surface area contributed by atoms with Gasteiger partial charge in [-0.15, -0.1) is 0 Å². The zero-order chi connectivity index (χ0) is 9.19. The summed E-state index contributed by atoms with van der Waals surface area (Å²) in [5, 5.41) is 0. The molecule has 0 aliphatic carbocycles. The van der Waals surface area contributed by atoms with Crippen LogP contribution in [0.4, 0.5) is 0 Å². The molecule has 0 fully saturated rings. The van der Waals surface area contributed by atoms with E-state index in [0.717, 1.165) is 5.82 Å². The minimum Gasteiger partial charge on any atom is -0.349 e. The van der Waals surface area contributed by atoms with Crippen LogP contribution in [0.25, 0.3) is 0 Å². The fraction of sp³-hybridized carbons (Fsp3) is 0.556. The van der Waals surface area contributed by atoms with Crippen LogP contribution >= 0.6 is 0 Å². The number of ketones is 1. The molecule has 0 radical (unpaired) electrons. The summed E-state index contributed by atoms with van der Waals surface area (Å²) in [5.41, 5.74) is -0.308. The molecule has 12 heavy (non-hydrogen) atoms. The first-order valence-corrected chi connectivity index (χ1v) is 4.02. The van der Waals surface area contributed by atoms with Gasteiger partial charge in [0.05, 0.1) is 0 Å². The van der Waals surface area contributed by atoms with Gasteiger partial charge < -0.3 is 4.98 Å². The molecule has 0 saturated heterocycles. The van der Waals surface area contributed by atoms with Crippen molar-refractivity contribution in [2.24, 2.45) is 5.41 Å². The first kappa shape index (κ1) is 8.97. The number of hydrogen-bond donors (Lipinski definition) is 1. The fourth-order valence-electron chi connectivity index (χ4n) is 0.938. The van der Waals surface area contributed by atoms with Crippen molar-refractivity contribution in [3.63, 3.8) is 0 Å². The van der Waals surface area contributed by atoms with Gasteiger partial charge in [0, 0.05) is 24.2 Å². The molecule has 3 heteroatoms. The number of rotatable bonds is 3. The molecule has 0 unspecified atom stereocenters. The molecule has 1 heterocycles. The fourth-order valence-corrected chi connectivity index (χ4v) is 0.938. The van der Waals surface area contributed by atoms with Gasteiger partial charge in [0.2, 0.25) is 0 Å². The van der Waals surface area contributed by atoms with Crippen molar-refractivity contribution in [2.45, 2.75) is 27.2 Å². The van der Waals surface area contributed by atoms with E-state index >= 15 is 0 Å². The second-order valence-electron chi connectivity index (χ2n) is 3.65. The summed E-state index contributed by atoms with van der Waals surface area (Å²) in [6.07, 6.45) is 4.15. The molecular formula is C9H14N2O. The second kappa shape index (κ2) is 3.09. The molecule has 0 spiro atoms. The maximum absolute atomic E-state index is 11.2. The topological polar surface area (TPSA) is 45.8 Å². The third-order valence-electron chi connectivity index (χ3n) is 2.12. The molecule has 0 aliphatic rings. The first-order valence-electron chi connectivity index (χ1n) is 4.02. The molecule has 3 nitrogen and oxygen atoms in total. The normalized spacial score (nSPS) is 11.6. The minimum atomic E-state index is -0.308. The van der Waals surface area contributed by atoms with Gasteiger partial charge in [-0.25, -0.2) is 4.98 Å². The Morgan fingerprint density at radius 3 is 2.75 bits per heavy atom. The summed E-state index contributed by atoms with van der Waals surface area (Å²) < 4.78 is 0. The van der Waals surface area contributed by atoms with Crippen LogP contribution in [0.15, 0.2) is 12.4 Å². The Labute approximate surface area is 72.2 Å². The lowest BCUT2D eigenvalue weighted by atomic mass is 9.85. The van der Waals surface area contributed by atoms with E-state index in [1.165, 1.54) is 0 Å². The molecule has 0 bridgehead atoms. The highest BCUT2D eigenvalue weighted by atomic mass is 16.1. The Kier molecular flexibility index (Phi) is 2.31. The number of aromatic amines is 1. The van der Waals surface area contributed by atoms with Gasteiger partial charge in [-0.1, -0.05) is 13.8 Å². The third-order valence-corrected chi connectivity index (χ3v) is 2.12. The van der Waals surface area contributed by atoms with Gasteiger partial charge in [0.1, 0.15) is 11.6 Å². The summed E-state index contributed by atoms with van der Waals surface area (Å²) in [5.74, 6) is 1.06. The maximum Gasteiger partial charge on any atom is 0.135 e. The van der Waals surface area contributed by atoms with Gasteiger partial charge in [0.15, 0.2) is 0 Å². The molecule has 1 N–H and O–H groups in total. The lowest BCUT2D eigenvalue weighted by molar-refractivity contribution is -0.124. The van der Waals surface area contributed by atoms with Crippen LogP contribution in [0.1, 0.15) is 26.6 Å². The molecule has 0 saturated carbocycles. The zero-order valence-corrected chi connectivity index (χ0v) is 7.72. The smallest absolute Gasteiger partial charge is 0.135 e. The highest BCUT2D eigenvalue weighted by Crippen LogP contribution is 2.20. The van der Waals surface area contributed by atoms with Gasteiger partial charge in [-0.05, 0) is 6.92 Å². The van der Waals surface area contributed by atoms with Crippen LogP contribution < -0.4 is 0 Å². The molecule has 66 valence electrons. The van der Waals surface area contributed by atoms with Crippen molar-refractivity contribution in [3.8, 4) is 0 Å². The van der Waals surface area contributed by atoms with E-state index in [1.54, 1.807) is 19.3 Å². The summed E-state index contributed by atoms with van der Waals surface area (Å²) in [7, 11) is 0. The van der Waals surface area contributed by atoms with E-state index < -0.39 is 0 Å². The van der Waals surface area contributed by atoms with Gasteiger partial charge in [-0.3, -0.25) is 4.79 Å². The summed E-state index contributed by atoms with van der Waals surface area (Å²) in [6, 6.07) is 0. The van der Waals surface area contributed by atoms with E-state index in [-0.39, 0.29) is 11.2 Å². The van der Waals surface area contributed by atoms with Crippen LogP contribution in [0.2, 0.25) is 0 Å².